The van der Waals surface area contributed by atoms with Gasteiger partial charge in [0.1, 0.15) is 5.82 Å². The number of nitrogens with zero attached hydrogens (tertiary/aromatic N) is 3. The van der Waals surface area contributed by atoms with Crippen LogP contribution in [0.1, 0.15) is 42.9 Å². The Kier molecular flexibility index (Phi) is 6.43. The Hall–Kier alpha value is -2.97. The number of aryl methyl sites for hydroxylation is 2. The molecular weight excluding hydrogens is 424 g/mol. The number of aromatic nitrogens is 2. The molecule has 0 fully saturated rings. The van der Waals surface area contributed by atoms with E-state index in [1.165, 1.54) is 16.4 Å². The average molecular weight is 453 g/mol. The number of carbonyl (C=O) groups excluding carboxylic acids is 1. The van der Waals surface area contributed by atoms with E-state index in [0.29, 0.717) is 24.3 Å². The third kappa shape index (κ3) is 4.33. The van der Waals surface area contributed by atoms with Crippen molar-refractivity contribution in [2.75, 3.05) is 18.4 Å². The fourth-order valence-corrected chi connectivity index (χ4v) is 5.50. The van der Waals surface area contributed by atoms with Crippen LogP contribution in [0.3, 0.4) is 0 Å². The molecule has 7 nitrogen and oxygen atoms in total. The van der Waals surface area contributed by atoms with Crippen molar-refractivity contribution in [1.29, 1.82) is 0 Å². The molecule has 32 heavy (non-hydrogen) atoms. The van der Waals surface area contributed by atoms with Crippen molar-refractivity contribution in [1.82, 2.24) is 13.9 Å². The van der Waals surface area contributed by atoms with Crippen LogP contribution in [0.2, 0.25) is 0 Å². The fourth-order valence-electron chi connectivity index (χ4n) is 4.04. The van der Waals surface area contributed by atoms with Crippen molar-refractivity contribution in [3.8, 4) is 11.3 Å². The van der Waals surface area contributed by atoms with E-state index < -0.39 is 10.0 Å². The molecule has 1 aromatic heterocycles. The number of para-hydroxylation sites is 1. The van der Waals surface area contributed by atoms with Crippen LogP contribution in [-0.2, 0) is 23.0 Å². The van der Waals surface area contributed by atoms with Gasteiger partial charge in [0.05, 0.1) is 16.3 Å². The van der Waals surface area contributed by atoms with Gasteiger partial charge in [-0.25, -0.2) is 13.4 Å². The average Bonchev–Trinajstić information content (AvgIpc) is 3.24. The molecule has 0 atom stereocenters. The van der Waals surface area contributed by atoms with Crippen LogP contribution in [-0.4, -0.2) is 41.3 Å². The molecule has 4 rings (SSSR count). The summed E-state index contributed by atoms with van der Waals surface area (Å²) in [5.74, 6) is 0.783. The Morgan fingerprint density at radius 1 is 1.06 bits per heavy atom. The topological polar surface area (TPSA) is 84.3 Å². The maximum atomic E-state index is 12.9. The van der Waals surface area contributed by atoms with E-state index in [4.69, 9.17) is 4.98 Å². The van der Waals surface area contributed by atoms with Gasteiger partial charge in [-0.3, -0.25) is 4.79 Å². The number of fused-ring (bicyclic) bond motifs is 1. The highest BCUT2D eigenvalue weighted by molar-refractivity contribution is 7.89. The molecule has 3 aromatic rings. The number of nitrogens with one attached hydrogen (secondary N) is 1. The van der Waals surface area contributed by atoms with E-state index in [2.05, 4.69) is 9.88 Å². The van der Waals surface area contributed by atoms with Gasteiger partial charge in [0.25, 0.3) is 5.91 Å². The van der Waals surface area contributed by atoms with Crippen LogP contribution in [0.5, 0.6) is 0 Å². The zero-order chi connectivity index (χ0) is 22.7. The highest BCUT2D eigenvalue weighted by Crippen LogP contribution is 2.29. The molecule has 1 N–H and O–H groups in total. The number of hydrogen-bond donors (Lipinski definition) is 1. The molecule has 0 spiro atoms. The number of hydrogen-bond acceptors (Lipinski definition) is 4. The Morgan fingerprint density at radius 3 is 2.47 bits per heavy atom. The largest absolute Gasteiger partial charge is 0.334 e. The Morgan fingerprint density at radius 2 is 1.78 bits per heavy atom. The summed E-state index contributed by atoms with van der Waals surface area (Å²) in [6.07, 6.45) is 5.32. The van der Waals surface area contributed by atoms with E-state index in [0.717, 1.165) is 42.9 Å². The van der Waals surface area contributed by atoms with E-state index in [-0.39, 0.29) is 10.8 Å². The minimum atomic E-state index is -3.56. The summed E-state index contributed by atoms with van der Waals surface area (Å²) in [6.45, 7) is 5.37. The van der Waals surface area contributed by atoms with Crippen molar-refractivity contribution in [2.45, 2.75) is 44.6 Å². The minimum absolute atomic E-state index is 0.182. The molecule has 1 aliphatic heterocycles. The molecule has 1 aliphatic rings. The van der Waals surface area contributed by atoms with Gasteiger partial charge in [-0.15, -0.1) is 0 Å². The number of sulfonamides is 1. The lowest BCUT2D eigenvalue weighted by Gasteiger charge is -2.18. The second kappa shape index (κ2) is 9.26. The lowest BCUT2D eigenvalue weighted by molar-refractivity contribution is 0.102. The number of imidazole rings is 1. The maximum Gasteiger partial charge on any atom is 0.255 e. The zero-order valence-corrected chi connectivity index (χ0v) is 19.2. The van der Waals surface area contributed by atoms with Gasteiger partial charge in [-0.05, 0) is 43.2 Å². The molecule has 0 bridgehead atoms. The predicted molar refractivity (Wildman–Crippen MR) is 125 cm³/mol. The highest BCUT2D eigenvalue weighted by Gasteiger charge is 2.22. The minimum Gasteiger partial charge on any atom is -0.334 e. The van der Waals surface area contributed by atoms with Crippen LogP contribution >= 0.6 is 0 Å². The predicted octanol–water partition coefficient (Wildman–Crippen LogP) is 4.17. The van der Waals surface area contributed by atoms with Crippen LogP contribution in [0.15, 0.2) is 59.6 Å². The number of benzene rings is 2. The van der Waals surface area contributed by atoms with Crippen molar-refractivity contribution in [2.24, 2.45) is 0 Å². The highest BCUT2D eigenvalue weighted by atomic mass is 32.2. The molecule has 1 amide bonds. The SMILES string of the molecule is CCN(CC)S(=O)(=O)c1ccc(C(=O)Nc2ccccc2-c2cn3c(n2)CCCC3)cc1. The quantitative estimate of drug-likeness (QED) is 0.583. The molecule has 2 heterocycles. The van der Waals surface area contributed by atoms with Crippen molar-refractivity contribution < 1.29 is 13.2 Å². The third-order valence-corrected chi connectivity index (χ3v) is 7.88. The zero-order valence-electron chi connectivity index (χ0n) is 18.4. The molecule has 0 saturated heterocycles. The summed E-state index contributed by atoms with van der Waals surface area (Å²) < 4.78 is 28.9. The van der Waals surface area contributed by atoms with Crippen LogP contribution in [0.25, 0.3) is 11.3 Å². The maximum absolute atomic E-state index is 12.9. The molecule has 0 unspecified atom stereocenters. The molecule has 2 aromatic carbocycles. The van der Waals surface area contributed by atoms with Crippen LogP contribution < -0.4 is 5.32 Å². The summed E-state index contributed by atoms with van der Waals surface area (Å²) in [7, 11) is -3.56. The van der Waals surface area contributed by atoms with E-state index in [1.54, 1.807) is 26.0 Å². The van der Waals surface area contributed by atoms with Crippen LogP contribution in [0.4, 0.5) is 5.69 Å². The second-order valence-electron chi connectivity index (χ2n) is 7.81. The Bertz CT molecular complexity index is 1190. The van der Waals surface area contributed by atoms with Gasteiger partial charge >= 0.3 is 0 Å². The van der Waals surface area contributed by atoms with E-state index in [9.17, 15) is 13.2 Å². The van der Waals surface area contributed by atoms with Gasteiger partial charge in [-0.1, -0.05) is 32.0 Å². The van der Waals surface area contributed by atoms with Crippen molar-refractivity contribution in [3.63, 3.8) is 0 Å². The first-order chi connectivity index (χ1) is 15.4. The van der Waals surface area contributed by atoms with Crippen molar-refractivity contribution in [3.05, 3.63) is 66.1 Å². The monoisotopic (exact) mass is 452 g/mol. The Labute approximate surface area is 189 Å². The number of anilines is 1. The van der Waals surface area contributed by atoms with Gasteiger partial charge < -0.3 is 9.88 Å². The number of rotatable bonds is 7. The summed E-state index contributed by atoms with van der Waals surface area (Å²) in [6, 6.07) is 13.7. The molecule has 168 valence electrons. The standard InChI is InChI=1S/C24H28N4O3S/c1-3-28(4-2)32(30,31)19-14-12-18(13-15-19)24(29)26-21-10-6-5-9-20(21)22-17-27-16-8-7-11-23(27)25-22/h5-6,9-10,12-15,17H,3-4,7-8,11,16H2,1-2H3,(H,26,29). The summed E-state index contributed by atoms with van der Waals surface area (Å²) >= 11 is 0. The summed E-state index contributed by atoms with van der Waals surface area (Å²) in [5.41, 5.74) is 2.78. The van der Waals surface area contributed by atoms with Gasteiger partial charge in [0, 0.05) is 43.4 Å². The molecule has 0 radical (unpaired) electrons. The normalized spacial score (nSPS) is 13.7. The molecule has 8 heteroatoms. The van der Waals surface area contributed by atoms with Gasteiger partial charge in [0.15, 0.2) is 0 Å². The van der Waals surface area contributed by atoms with Crippen LogP contribution in [0, 0.1) is 0 Å². The summed E-state index contributed by atoms with van der Waals surface area (Å²) in [4.78, 5) is 17.9. The molecular formula is C24H28N4O3S. The first kappa shape index (κ1) is 22.2. The lowest BCUT2D eigenvalue weighted by Crippen LogP contribution is -2.30. The second-order valence-corrected chi connectivity index (χ2v) is 9.74. The van der Waals surface area contributed by atoms with Crippen molar-refractivity contribution >= 4 is 21.6 Å². The summed E-state index contributed by atoms with van der Waals surface area (Å²) in [5, 5.41) is 2.96. The lowest BCUT2D eigenvalue weighted by atomic mass is 10.1. The third-order valence-electron chi connectivity index (χ3n) is 5.82. The van der Waals surface area contributed by atoms with Gasteiger partial charge in [0.2, 0.25) is 10.0 Å². The fraction of sp³-hybridized carbons (Fsp3) is 0.333. The van der Waals surface area contributed by atoms with E-state index >= 15 is 0 Å². The number of carbonyl (C=O) groups is 1. The smallest absolute Gasteiger partial charge is 0.255 e. The van der Waals surface area contributed by atoms with Gasteiger partial charge in [-0.2, -0.15) is 4.31 Å². The first-order valence-electron chi connectivity index (χ1n) is 11.0. The Balaban J connectivity index is 1.56. The first-order valence-corrected chi connectivity index (χ1v) is 12.4. The van der Waals surface area contributed by atoms with E-state index in [1.807, 2.05) is 30.5 Å². The number of amides is 1. The molecule has 0 aliphatic carbocycles. The molecule has 0 saturated carbocycles.